The van der Waals surface area contributed by atoms with Gasteiger partial charge in [-0.05, 0) is 48.0 Å². The molecule has 2 N–H and O–H groups in total. The number of fused-ring (bicyclic) bond motifs is 1. The number of nitrogens with zero attached hydrogens (tertiary/aromatic N) is 1. The summed E-state index contributed by atoms with van der Waals surface area (Å²) in [6.45, 7) is -0.489. The van der Waals surface area contributed by atoms with Crippen LogP contribution in [-0.4, -0.2) is 29.8 Å². The first kappa shape index (κ1) is 18.9. The molecule has 1 aromatic heterocycles. The summed E-state index contributed by atoms with van der Waals surface area (Å²) >= 11 is 9.38. The summed E-state index contributed by atoms with van der Waals surface area (Å²) in [7, 11) is 0. The van der Waals surface area contributed by atoms with Crippen LogP contribution in [0.4, 0.5) is 0 Å². The Morgan fingerprint density at radius 3 is 2.81 bits per heavy atom. The largest absolute Gasteiger partial charge is 0.480 e. The summed E-state index contributed by atoms with van der Waals surface area (Å²) in [5, 5.41) is 13.5. The lowest BCUT2D eigenvalue weighted by Crippen LogP contribution is -2.16. The quantitative estimate of drug-likeness (QED) is 0.434. The number of hydrogen-bond acceptors (Lipinski definition) is 5. The minimum atomic E-state index is -1.10. The molecule has 0 spiro atoms. The van der Waals surface area contributed by atoms with E-state index in [9.17, 15) is 9.59 Å². The van der Waals surface area contributed by atoms with Gasteiger partial charge in [-0.1, -0.05) is 27.5 Å². The van der Waals surface area contributed by atoms with Crippen LogP contribution in [0.1, 0.15) is 16.1 Å². The van der Waals surface area contributed by atoms with E-state index in [-0.39, 0.29) is 16.5 Å². The second kappa shape index (κ2) is 8.24. The number of carbonyl (C=O) groups is 2. The second-order valence-corrected chi connectivity index (χ2v) is 6.69. The van der Waals surface area contributed by atoms with Crippen LogP contribution in [0.2, 0.25) is 5.02 Å². The topological polar surface area (TPSA) is 101 Å². The zero-order valence-corrected chi connectivity index (χ0v) is 16.0. The number of carbonyl (C=O) groups excluding carboxylic acids is 1. The lowest BCUT2D eigenvalue weighted by Gasteiger charge is -2.05. The fourth-order valence-electron chi connectivity index (χ4n) is 2.20. The number of ether oxygens (including phenoxy) is 1. The Hall–Kier alpha value is -2.84. The van der Waals surface area contributed by atoms with Gasteiger partial charge in [0.2, 0.25) is 0 Å². The van der Waals surface area contributed by atoms with Crippen LogP contribution < -0.4 is 10.2 Å². The van der Waals surface area contributed by atoms with Gasteiger partial charge in [0.1, 0.15) is 11.3 Å². The van der Waals surface area contributed by atoms with Gasteiger partial charge >= 0.3 is 11.9 Å². The summed E-state index contributed by atoms with van der Waals surface area (Å²) in [5.41, 5.74) is 3.56. The second-order valence-electron chi connectivity index (χ2n) is 5.36. The molecule has 2 aromatic carbocycles. The van der Waals surface area contributed by atoms with Gasteiger partial charge in [-0.3, -0.25) is 4.79 Å². The highest BCUT2D eigenvalue weighted by atomic mass is 79.9. The Labute approximate surface area is 166 Å². The molecule has 0 unspecified atom stereocenters. The van der Waals surface area contributed by atoms with E-state index < -0.39 is 18.5 Å². The molecule has 0 aliphatic rings. The number of furan rings is 1. The molecule has 0 atom stereocenters. The molecule has 27 heavy (non-hydrogen) atoms. The lowest BCUT2D eigenvalue weighted by atomic mass is 10.2. The first-order valence-corrected chi connectivity index (χ1v) is 8.76. The Bertz CT molecular complexity index is 1050. The third kappa shape index (κ3) is 4.87. The fraction of sp³-hybridized carbons (Fsp3) is 0.0556. The lowest BCUT2D eigenvalue weighted by molar-refractivity contribution is -0.139. The van der Waals surface area contributed by atoms with E-state index in [1.165, 1.54) is 18.3 Å². The zero-order chi connectivity index (χ0) is 19.4. The van der Waals surface area contributed by atoms with E-state index in [1.54, 1.807) is 18.2 Å². The van der Waals surface area contributed by atoms with Gasteiger partial charge in [-0.25, -0.2) is 10.2 Å². The van der Waals surface area contributed by atoms with Crippen LogP contribution in [0.15, 0.2) is 56.5 Å². The predicted molar refractivity (Wildman–Crippen MR) is 104 cm³/mol. The maximum atomic E-state index is 12.1. The van der Waals surface area contributed by atoms with Gasteiger partial charge in [-0.2, -0.15) is 5.10 Å². The van der Waals surface area contributed by atoms with E-state index in [4.69, 9.17) is 25.9 Å². The Kier molecular flexibility index (Phi) is 5.78. The van der Waals surface area contributed by atoms with Crippen LogP contribution in [-0.2, 0) is 4.79 Å². The van der Waals surface area contributed by atoms with Gasteiger partial charge in [0, 0.05) is 9.86 Å². The third-order valence-corrected chi connectivity index (χ3v) is 4.18. The molecule has 0 saturated carbocycles. The minimum Gasteiger partial charge on any atom is -0.480 e. The zero-order valence-electron chi connectivity index (χ0n) is 13.6. The molecule has 3 rings (SSSR count). The summed E-state index contributed by atoms with van der Waals surface area (Å²) in [5.74, 6) is -1.21. The molecule has 0 fully saturated rings. The number of aliphatic carboxylic acids is 1. The molecule has 9 heteroatoms. The number of benzene rings is 2. The highest BCUT2D eigenvalue weighted by Crippen LogP contribution is 2.25. The number of halogens is 2. The molecular formula is C18H12BrClN2O5. The minimum absolute atomic E-state index is 0.135. The van der Waals surface area contributed by atoms with Crippen molar-refractivity contribution in [3.8, 4) is 5.75 Å². The smallest absolute Gasteiger partial charge is 0.341 e. The summed E-state index contributed by atoms with van der Waals surface area (Å²) < 4.78 is 11.4. The monoisotopic (exact) mass is 450 g/mol. The van der Waals surface area contributed by atoms with Crippen molar-refractivity contribution in [2.45, 2.75) is 0 Å². The van der Waals surface area contributed by atoms with E-state index in [2.05, 4.69) is 26.5 Å². The number of amides is 1. The van der Waals surface area contributed by atoms with Crippen molar-refractivity contribution in [3.05, 3.63) is 63.3 Å². The van der Waals surface area contributed by atoms with E-state index in [0.717, 1.165) is 9.86 Å². The molecule has 0 bridgehead atoms. The van der Waals surface area contributed by atoms with Crippen molar-refractivity contribution in [2.75, 3.05) is 6.61 Å². The summed E-state index contributed by atoms with van der Waals surface area (Å²) in [6, 6.07) is 11.7. The van der Waals surface area contributed by atoms with Crippen LogP contribution in [0.3, 0.4) is 0 Å². The van der Waals surface area contributed by atoms with E-state index in [1.807, 2.05) is 12.1 Å². The van der Waals surface area contributed by atoms with Crippen molar-refractivity contribution in [1.82, 2.24) is 5.43 Å². The third-order valence-electron chi connectivity index (χ3n) is 3.39. The van der Waals surface area contributed by atoms with Gasteiger partial charge in [0.25, 0.3) is 0 Å². The molecule has 0 aliphatic carbocycles. The van der Waals surface area contributed by atoms with Gasteiger partial charge in [0.15, 0.2) is 12.4 Å². The van der Waals surface area contributed by atoms with E-state index >= 15 is 0 Å². The molecule has 1 heterocycles. The highest BCUT2D eigenvalue weighted by molar-refractivity contribution is 9.10. The first-order valence-electron chi connectivity index (χ1n) is 7.59. The number of rotatable bonds is 6. The Morgan fingerprint density at radius 1 is 1.26 bits per heavy atom. The summed E-state index contributed by atoms with van der Waals surface area (Å²) in [6.07, 6.45) is 1.39. The fourth-order valence-corrected chi connectivity index (χ4v) is 2.82. The number of hydrazone groups is 1. The van der Waals surface area contributed by atoms with Crippen molar-refractivity contribution in [1.29, 1.82) is 0 Å². The van der Waals surface area contributed by atoms with Gasteiger partial charge in [0.05, 0.1) is 11.2 Å². The molecule has 138 valence electrons. The number of hydrogen-bond donors (Lipinski definition) is 2. The predicted octanol–water partition coefficient (Wildman–Crippen LogP) is 4.08. The SMILES string of the molecule is O=C(O)COc1ccc(/C=N/NC(=O)c2cc3cc(Br)ccc3o2)cc1Cl. The van der Waals surface area contributed by atoms with Crippen molar-refractivity contribution >= 4 is 56.6 Å². The van der Waals surface area contributed by atoms with Crippen LogP contribution in [0, 0.1) is 0 Å². The van der Waals surface area contributed by atoms with Gasteiger partial charge < -0.3 is 14.3 Å². The average Bonchev–Trinajstić information content (AvgIpc) is 3.04. The molecule has 0 saturated heterocycles. The Morgan fingerprint density at radius 2 is 2.07 bits per heavy atom. The number of carboxylic acids is 1. The number of nitrogens with one attached hydrogen (secondary N) is 1. The molecule has 0 aliphatic heterocycles. The summed E-state index contributed by atoms with van der Waals surface area (Å²) in [4.78, 5) is 22.6. The average molecular weight is 452 g/mol. The normalized spacial score (nSPS) is 11.0. The number of carboxylic acid groups (broad SMARTS) is 1. The highest BCUT2D eigenvalue weighted by Gasteiger charge is 2.11. The molecule has 3 aromatic rings. The van der Waals surface area contributed by atoms with Crippen LogP contribution in [0.5, 0.6) is 5.75 Å². The van der Waals surface area contributed by atoms with E-state index in [0.29, 0.717) is 11.1 Å². The first-order chi connectivity index (χ1) is 12.9. The standard InChI is InChI=1S/C18H12BrClN2O5/c19-12-2-4-14-11(6-12)7-16(27-14)18(25)22-21-8-10-1-3-15(13(20)5-10)26-9-17(23)24/h1-8H,9H2,(H,22,25)(H,23,24)/b21-8+. The van der Waals surface area contributed by atoms with Crippen molar-refractivity contribution in [2.24, 2.45) is 5.10 Å². The molecule has 1 amide bonds. The Balaban J connectivity index is 1.64. The van der Waals surface area contributed by atoms with Crippen molar-refractivity contribution < 1.29 is 23.8 Å². The maximum absolute atomic E-state index is 12.1. The maximum Gasteiger partial charge on any atom is 0.341 e. The van der Waals surface area contributed by atoms with Crippen LogP contribution >= 0.6 is 27.5 Å². The molecule has 7 nitrogen and oxygen atoms in total. The van der Waals surface area contributed by atoms with Crippen LogP contribution in [0.25, 0.3) is 11.0 Å². The molecule has 0 radical (unpaired) electrons. The van der Waals surface area contributed by atoms with Gasteiger partial charge in [-0.15, -0.1) is 0 Å². The van der Waals surface area contributed by atoms with Crippen molar-refractivity contribution in [3.63, 3.8) is 0 Å². The molecular weight excluding hydrogens is 440 g/mol.